The molecule has 1 aromatic carbocycles. The van der Waals surface area contributed by atoms with Gasteiger partial charge in [0.1, 0.15) is 36.8 Å². The molecule has 1 unspecified atom stereocenters. The molecule has 2 aromatic rings. The van der Waals surface area contributed by atoms with Crippen LogP contribution in [0.15, 0.2) is 18.2 Å². The van der Waals surface area contributed by atoms with Crippen molar-refractivity contribution in [1.82, 2.24) is 4.98 Å². The number of morpholine rings is 1. The van der Waals surface area contributed by atoms with Gasteiger partial charge in [-0.15, -0.1) is 0 Å². The van der Waals surface area contributed by atoms with Crippen molar-refractivity contribution in [2.45, 2.75) is 45.9 Å². The zero-order valence-electron chi connectivity index (χ0n) is 16.6. The number of H-pyrrole nitrogens is 1. The summed E-state index contributed by atoms with van der Waals surface area (Å²) < 4.78 is 24.6. The molecule has 3 N–H and O–H groups in total. The SMILES string of the molecule is CCOC(=O)c1[nH]c2ccc(F)cc2c1NC(=O)[C@@H](C)[NH+]1C[C@@H](C)O[C@@H](C)C1. The number of carbonyl (C=O) groups excluding carboxylic acids is 2. The van der Waals surface area contributed by atoms with Crippen LogP contribution in [0.2, 0.25) is 0 Å². The van der Waals surface area contributed by atoms with Gasteiger partial charge in [0.25, 0.3) is 5.91 Å². The van der Waals surface area contributed by atoms with Gasteiger partial charge in [-0.25, -0.2) is 9.18 Å². The van der Waals surface area contributed by atoms with Crippen LogP contribution in [0.5, 0.6) is 0 Å². The van der Waals surface area contributed by atoms with E-state index in [1.807, 2.05) is 20.8 Å². The molecule has 152 valence electrons. The maximum Gasteiger partial charge on any atom is 0.356 e. The number of carbonyl (C=O) groups is 2. The second-order valence-electron chi connectivity index (χ2n) is 7.32. The lowest BCUT2D eigenvalue weighted by Crippen LogP contribution is -3.19. The second kappa shape index (κ2) is 8.28. The number of hydrogen-bond acceptors (Lipinski definition) is 4. The molecule has 0 aliphatic carbocycles. The molecule has 7 nitrogen and oxygen atoms in total. The zero-order chi connectivity index (χ0) is 20.4. The first-order chi connectivity index (χ1) is 13.3. The third-order valence-corrected chi connectivity index (χ3v) is 5.06. The zero-order valence-corrected chi connectivity index (χ0v) is 16.6. The number of aromatic nitrogens is 1. The maximum absolute atomic E-state index is 13.8. The molecule has 1 aromatic heterocycles. The van der Waals surface area contributed by atoms with Crippen LogP contribution in [0, 0.1) is 5.82 Å². The summed E-state index contributed by atoms with van der Waals surface area (Å²) in [6.45, 7) is 9.14. The van der Waals surface area contributed by atoms with Gasteiger partial charge >= 0.3 is 5.97 Å². The fourth-order valence-corrected chi connectivity index (χ4v) is 3.74. The van der Waals surface area contributed by atoms with Crippen LogP contribution in [-0.4, -0.2) is 54.8 Å². The summed E-state index contributed by atoms with van der Waals surface area (Å²) in [4.78, 5) is 29.3. The smallest absolute Gasteiger partial charge is 0.356 e. The van der Waals surface area contributed by atoms with E-state index in [-0.39, 0.29) is 42.1 Å². The van der Waals surface area contributed by atoms with Gasteiger partial charge in [0.15, 0.2) is 6.04 Å². The van der Waals surface area contributed by atoms with Crippen LogP contribution < -0.4 is 10.2 Å². The van der Waals surface area contributed by atoms with E-state index in [9.17, 15) is 14.0 Å². The first kappa shape index (κ1) is 20.3. The minimum absolute atomic E-state index is 0.0614. The number of aromatic amines is 1. The van der Waals surface area contributed by atoms with Crippen molar-refractivity contribution in [2.24, 2.45) is 0 Å². The lowest BCUT2D eigenvalue weighted by atomic mass is 10.1. The number of halogens is 1. The normalized spacial score (nSPS) is 23.4. The van der Waals surface area contributed by atoms with Gasteiger partial charge in [0.2, 0.25) is 0 Å². The van der Waals surface area contributed by atoms with Crippen molar-refractivity contribution in [3.8, 4) is 0 Å². The van der Waals surface area contributed by atoms with Crippen molar-refractivity contribution >= 4 is 28.5 Å². The Morgan fingerprint density at radius 2 is 2.04 bits per heavy atom. The molecule has 0 spiro atoms. The predicted octanol–water partition coefficient (Wildman–Crippen LogP) is 1.50. The molecule has 1 amide bonds. The van der Waals surface area contributed by atoms with Crippen LogP contribution in [0.25, 0.3) is 10.9 Å². The van der Waals surface area contributed by atoms with E-state index < -0.39 is 11.8 Å². The maximum atomic E-state index is 13.8. The third kappa shape index (κ3) is 4.18. The number of anilines is 1. The number of nitrogens with one attached hydrogen (secondary N) is 3. The lowest BCUT2D eigenvalue weighted by molar-refractivity contribution is -0.928. The van der Waals surface area contributed by atoms with Gasteiger partial charge in [0, 0.05) is 10.9 Å². The minimum atomic E-state index is -0.594. The molecular formula is C20H27FN3O4+. The molecule has 4 atom stereocenters. The highest BCUT2D eigenvalue weighted by atomic mass is 19.1. The molecule has 3 rings (SSSR count). The number of rotatable bonds is 5. The Labute approximate surface area is 163 Å². The third-order valence-electron chi connectivity index (χ3n) is 5.06. The van der Waals surface area contributed by atoms with E-state index in [1.54, 1.807) is 6.92 Å². The van der Waals surface area contributed by atoms with Crippen LogP contribution >= 0.6 is 0 Å². The van der Waals surface area contributed by atoms with Crippen molar-refractivity contribution in [2.75, 3.05) is 25.0 Å². The first-order valence-electron chi connectivity index (χ1n) is 9.59. The fraction of sp³-hybridized carbons (Fsp3) is 0.500. The van der Waals surface area contributed by atoms with E-state index >= 15 is 0 Å². The number of fused-ring (bicyclic) bond motifs is 1. The Kier molecular flexibility index (Phi) is 6.00. The Morgan fingerprint density at radius 3 is 2.68 bits per heavy atom. The van der Waals surface area contributed by atoms with Crippen LogP contribution in [0.1, 0.15) is 38.2 Å². The molecule has 8 heteroatoms. The van der Waals surface area contributed by atoms with E-state index in [2.05, 4.69) is 10.3 Å². The van der Waals surface area contributed by atoms with Crippen molar-refractivity contribution in [1.29, 1.82) is 0 Å². The largest absolute Gasteiger partial charge is 0.461 e. The van der Waals surface area contributed by atoms with Crippen molar-refractivity contribution < 1.29 is 28.4 Å². The topological polar surface area (TPSA) is 84.9 Å². The number of quaternary nitrogens is 1. The van der Waals surface area contributed by atoms with E-state index in [0.717, 1.165) is 4.90 Å². The van der Waals surface area contributed by atoms with Crippen LogP contribution in [0.3, 0.4) is 0 Å². The summed E-state index contributed by atoms with van der Waals surface area (Å²) in [5.41, 5.74) is 0.911. The highest BCUT2D eigenvalue weighted by Gasteiger charge is 2.34. The molecule has 0 bridgehead atoms. The highest BCUT2D eigenvalue weighted by molar-refractivity contribution is 6.11. The molecule has 28 heavy (non-hydrogen) atoms. The number of benzene rings is 1. The minimum Gasteiger partial charge on any atom is -0.461 e. The number of hydrogen-bond donors (Lipinski definition) is 3. The molecule has 0 radical (unpaired) electrons. The standard InChI is InChI=1S/C20H26FN3O4/c1-5-27-20(26)18-17(15-8-14(21)6-7-16(15)22-18)23-19(25)13(4)24-9-11(2)28-12(3)10-24/h6-8,11-13,22H,5,9-10H2,1-4H3,(H,23,25)/p+1/t11-,12+,13-/m1/s1. The first-order valence-corrected chi connectivity index (χ1v) is 9.59. The summed E-state index contributed by atoms with van der Waals surface area (Å²) >= 11 is 0. The number of ether oxygens (including phenoxy) is 2. The van der Waals surface area contributed by atoms with Crippen LogP contribution in [0.4, 0.5) is 10.1 Å². The van der Waals surface area contributed by atoms with E-state index in [4.69, 9.17) is 9.47 Å². The predicted molar refractivity (Wildman–Crippen MR) is 103 cm³/mol. The van der Waals surface area contributed by atoms with Gasteiger partial charge in [-0.05, 0) is 45.9 Å². The Balaban J connectivity index is 1.89. The summed E-state index contributed by atoms with van der Waals surface area (Å²) in [5.74, 6) is -1.29. The van der Waals surface area contributed by atoms with E-state index in [0.29, 0.717) is 24.0 Å². The van der Waals surface area contributed by atoms with Crippen LogP contribution in [-0.2, 0) is 14.3 Å². The molecule has 0 saturated carbocycles. The average molecular weight is 392 g/mol. The second-order valence-corrected chi connectivity index (χ2v) is 7.32. The Bertz CT molecular complexity index is 872. The van der Waals surface area contributed by atoms with Gasteiger partial charge in [-0.1, -0.05) is 0 Å². The van der Waals surface area contributed by atoms with Gasteiger partial charge < -0.3 is 24.7 Å². The van der Waals surface area contributed by atoms with Gasteiger partial charge in [0.05, 0.1) is 12.3 Å². The van der Waals surface area contributed by atoms with E-state index in [1.165, 1.54) is 18.2 Å². The number of amides is 1. The van der Waals surface area contributed by atoms with Gasteiger partial charge in [-0.3, -0.25) is 4.79 Å². The highest BCUT2D eigenvalue weighted by Crippen LogP contribution is 2.29. The molecule has 2 heterocycles. The Morgan fingerprint density at radius 1 is 1.36 bits per heavy atom. The molecule has 1 aliphatic rings. The molecule has 1 aliphatic heterocycles. The summed E-state index contributed by atoms with van der Waals surface area (Å²) in [6, 6.07) is 3.76. The Hall–Kier alpha value is -2.45. The quantitative estimate of drug-likeness (QED) is 0.674. The summed E-state index contributed by atoms with van der Waals surface area (Å²) in [5, 5.41) is 3.26. The number of esters is 1. The molecule has 1 saturated heterocycles. The van der Waals surface area contributed by atoms with Gasteiger partial charge in [-0.2, -0.15) is 0 Å². The monoisotopic (exact) mass is 392 g/mol. The van der Waals surface area contributed by atoms with Crippen molar-refractivity contribution in [3.05, 3.63) is 29.7 Å². The summed E-state index contributed by atoms with van der Waals surface area (Å²) in [6.07, 6.45) is 0.123. The molecular weight excluding hydrogens is 365 g/mol. The van der Waals surface area contributed by atoms with Crippen molar-refractivity contribution in [3.63, 3.8) is 0 Å². The summed E-state index contributed by atoms with van der Waals surface area (Å²) in [7, 11) is 0. The molecule has 1 fully saturated rings. The lowest BCUT2D eigenvalue weighted by Gasteiger charge is -2.35. The fourth-order valence-electron chi connectivity index (χ4n) is 3.74. The average Bonchev–Trinajstić information content (AvgIpc) is 2.98.